The summed E-state index contributed by atoms with van der Waals surface area (Å²) in [5.41, 5.74) is -0.348. The Morgan fingerprint density at radius 1 is 1.19 bits per heavy atom. The third kappa shape index (κ3) is 6.37. The number of nitrogens with one attached hydrogen (secondary N) is 2. The Hall–Kier alpha value is -2.92. The van der Waals surface area contributed by atoms with E-state index in [2.05, 4.69) is 15.0 Å². The van der Waals surface area contributed by atoms with Crippen LogP contribution in [0.5, 0.6) is 11.5 Å². The first kappa shape index (κ1) is 30.5. The number of hydrogen-bond donors (Lipinski definition) is 4. The number of nitrogens with zero attached hydrogens (tertiary/aromatic N) is 2. The lowest BCUT2D eigenvalue weighted by atomic mass is 9.88. The van der Waals surface area contributed by atoms with Gasteiger partial charge >= 0.3 is 0 Å². The largest absolute Gasteiger partial charge is 0.506 e. The van der Waals surface area contributed by atoms with Gasteiger partial charge in [0.15, 0.2) is 0 Å². The number of hydrogen-bond acceptors (Lipinski definition) is 10. The summed E-state index contributed by atoms with van der Waals surface area (Å²) >= 11 is 0. The van der Waals surface area contributed by atoms with Crippen molar-refractivity contribution < 1.29 is 40.9 Å². The van der Waals surface area contributed by atoms with Crippen LogP contribution in [0, 0.1) is 5.82 Å². The highest BCUT2D eigenvalue weighted by Crippen LogP contribution is 2.39. The van der Waals surface area contributed by atoms with E-state index < -0.39 is 43.3 Å². The van der Waals surface area contributed by atoms with E-state index in [9.17, 15) is 31.4 Å². The molecule has 5 rings (SSSR count). The summed E-state index contributed by atoms with van der Waals surface area (Å²) < 4.78 is 79.4. The molecule has 1 aromatic heterocycles. The van der Waals surface area contributed by atoms with Crippen molar-refractivity contribution in [1.82, 2.24) is 19.3 Å². The fourth-order valence-corrected chi connectivity index (χ4v) is 7.57. The van der Waals surface area contributed by atoms with Crippen molar-refractivity contribution in [3.63, 3.8) is 0 Å². The summed E-state index contributed by atoms with van der Waals surface area (Å²) in [6, 6.07) is 9.50. The average Bonchev–Trinajstić information content (AvgIpc) is 3.37. The van der Waals surface area contributed by atoms with Gasteiger partial charge in [-0.1, -0.05) is 6.07 Å². The Kier molecular flexibility index (Phi) is 8.72. The van der Waals surface area contributed by atoms with Crippen molar-refractivity contribution in [2.24, 2.45) is 0 Å². The van der Waals surface area contributed by atoms with Gasteiger partial charge in [-0.05, 0) is 50.6 Å². The fraction of sp³-hybridized carbons (Fsp3) is 0.444. The maximum atomic E-state index is 13.5. The quantitative estimate of drug-likeness (QED) is 0.258. The number of fused-ring (bicyclic) bond motifs is 1. The van der Waals surface area contributed by atoms with Crippen LogP contribution in [0.15, 0.2) is 58.5 Å². The van der Waals surface area contributed by atoms with Crippen molar-refractivity contribution in [1.29, 1.82) is 0 Å². The highest BCUT2D eigenvalue weighted by atomic mass is 32.2. The Bertz CT molecular complexity index is 1660. The van der Waals surface area contributed by atoms with Crippen LogP contribution in [0.2, 0.25) is 0 Å². The van der Waals surface area contributed by atoms with Crippen LogP contribution in [0.25, 0.3) is 10.9 Å². The van der Waals surface area contributed by atoms with Crippen LogP contribution in [-0.4, -0.2) is 94.0 Å². The van der Waals surface area contributed by atoms with E-state index in [4.69, 9.17) is 9.47 Å². The van der Waals surface area contributed by atoms with Gasteiger partial charge in [0.2, 0.25) is 20.0 Å². The minimum absolute atomic E-state index is 0.0486. The summed E-state index contributed by atoms with van der Waals surface area (Å²) in [4.78, 5) is 3.77. The maximum absolute atomic E-state index is 13.5. The molecule has 1 spiro atoms. The number of benzene rings is 2. The third-order valence-corrected chi connectivity index (χ3v) is 11.0. The van der Waals surface area contributed by atoms with E-state index >= 15 is 0 Å². The van der Waals surface area contributed by atoms with E-state index in [-0.39, 0.29) is 53.0 Å². The molecule has 2 fully saturated rings. The van der Waals surface area contributed by atoms with Gasteiger partial charge in [0.05, 0.1) is 28.8 Å². The summed E-state index contributed by atoms with van der Waals surface area (Å²) in [5.74, 6) is -0.680. The van der Waals surface area contributed by atoms with Crippen LogP contribution in [-0.2, 0) is 24.8 Å². The Morgan fingerprint density at radius 3 is 2.69 bits per heavy atom. The first-order chi connectivity index (χ1) is 19.9. The average molecular weight is 625 g/mol. The maximum Gasteiger partial charge on any atom is 0.248 e. The molecule has 2 saturated heterocycles. The molecule has 12 nitrogen and oxygen atoms in total. The zero-order valence-electron chi connectivity index (χ0n) is 22.9. The predicted octanol–water partition coefficient (Wildman–Crippen LogP) is 1.33. The number of ether oxygens (including phenoxy) is 2. The van der Waals surface area contributed by atoms with E-state index in [0.29, 0.717) is 31.6 Å². The number of aliphatic hydroxyl groups excluding tert-OH is 1. The molecule has 0 amide bonds. The Balaban J connectivity index is 1.12. The molecule has 0 saturated carbocycles. The number of aromatic nitrogens is 1. The van der Waals surface area contributed by atoms with Gasteiger partial charge in [0, 0.05) is 43.2 Å². The summed E-state index contributed by atoms with van der Waals surface area (Å²) in [6.07, 6.45) is 1.73. The smallest absolute Gasteiger partial charge is 0.248 e. The second-order valence-corrected chi connectivity index (χ2v) is 14.3. The van der Waals surface area contributed by atoms with Crippen LogP contribution >= 0.6 is 0 Å². The minimum atomic E-state index is -4.05. The fourth-order valence-electron chi connectivity index (χ4n) is 5.32. The van der Waals surface area contributed by atoms with Gasteiger partial charge in [-0.25, -0.2) is 25.9 Å². The normalized spacial score (nSPS) is 20.2. The van der Waals surface area contributed by atoms with Gasteiger partial charge in [0.25, 0.3) is 0 Å². The van der Waals surface area contributed by atoms with Crippen molar-refractivity contribution >= 4 is 30.9 Å². The lowest BCUT2D eigenvalue weighted by Crippen LogP contribution is -2.47. The van der Waals surface area contributed by atoms with E-state index in [1.165, 1.54) is 29.6 Å². The van der Waals surface area contributed by atoms with Gasteiger partial charge in [-0.3, -0.25) is 4.98 Å². The van der Waals surface area contributed by atoms with Crippen molar-refractivity contribution in [2.45, 2.75) is 46.8 Å². The molecule has 0 aliphatic carbocycles. The van der Waals surface area contributed by atoms with Crippen molar-refractivity contribution in [3.8, 4) is 11.5 Å². The van der Waals surface area contributed by atoms with Crippen LogP contribution in [0.3, 0.4) is 0 Å². The third-order valence-electron chi connectivity index (χ3n) is 7.70. The van der Waals surface area contributed by atoms with Crippen LogP contribution in [0.4, 0.5) is 4.39 Å². The molecular weight excluding hydrogens is 591 g/mol. The molecule has 4 N–H and O–H groups in total. The zero-order valence-corrected chi connectivity index (χ0v) is 24.5. The number of rotatable bonds is 10. The molecule has 0 radical (unpaired) electrons. The second-order valence-electron chi connectivity index (χ2n) is 10.5. The lowest BCUT2D eigenvalue weighted by Gasteiger charge is -2.38. The molecule has 228 valence electrons. The molecule has 2 aliphatic rings. The highest BCUT2D eigenvalue weighted by molar-refractivity contribution is 7.89. The summed E-state index contributed by atoms with van der Waals surface area (Å²) in [5, 5.41) is 24.5. The van der Waals surface area contributed by atoms with Gasteiger partial charge in [-0.15, -0.1) is 0 Å². The minimum Gasteiger partial charge on any atom is -0.506 e. The molecule has 2 aromatic carbocycles. The standard InChI is InChI=1S/C27H33FN4O8S2/c1-29-41(35,36)22-4-2-3-21(12-22)39-17-20(33)14-30-19-13-27(40-16-19)7-9-32(10-8-27)42(37,38)25-15-31-24-11-18(28)5-6-23(24)26(25)34/h2-6,11-12,15,19-20,29-30,33H,7-10,13-14,16-17H2,1H3,(H,31,34). The molecule has 3 heterocycles. The number of piperidine rings is 1. The van der Waals surface area contributed by atoms with Gasteiger partial charge in [-0.2, -0.15) is 4.31 Å². The number of sulfonamides is 2. The molecule has 15 heteroatoms. The number of halogens is 1. The Morgan fingerprint density at radius 2 is 1.95 bits per heavy atom. The first-order valence-corrected chi connectivity index (χ1v) is 16.3. The monoisotopic (exact) mass is 624 g/mol. The predicted molar refractivity (Wildman–Crippen MR) is 151 cm³/mol. The van der Waals surface area contributed by atoms with E-state index in [0.717, 1.165) is 18.3 Å². The molecule has 3 aromatic rings. The first-order valence-electron chi connectivity index (χ1n) is 13.4. The SMILES string of the molecule is CNS(=O)(=O)c1cccc(OCC(O)CNC2COC3(CCN(S(=O)(=O)c4cnc5cc(F)ccc5c4O)CC3)C2)c1. The summed E-state index contributed by atoms with van der Waals surface area (Å²) in [7, 11) is -6.34. The number of pyridine rings is 1. The van der Waals surface area contributed by atoms with E-state index in [1.807, 2.05) is 0 Å². The molecule has 0 bridgehead atoms. The molecule has 42 heavy (non-hydrogen) atoms. The zero-order chi connectivity index (χ0) is 30.1. The van der Waals surface area contributed by atoms with E-state index in [1.54, 1.807) is 12.1 Å². The molecular formula is C27H33FN4O8S2. The second kappa shape index (κ2) is 12.0. The van der Waals surface area contributed by atoms with Crippen molar-refractivity contribution in [2.75, 3.05) is 39.9 Å². The van der Waals surface area contributed by atoms with Crippen LogP contribution < -0.4 is 14.8 Å². The lowest BCUT2D eigenvalue weighted by molar-refractivity contribution is -0.0312. The molecule has 2 unspecified atom stereocenters. The van der Waals surface area contributed by atoms with Crippen LogP contribution in [0.1, 0.15) is 19.3 Å². The molecule has 2 aliphatic heterocycles. The molecule has 2 atom stereocenters. The van der Waals surface area contributed by atoms with Crippen molar-refractivity contribution in [3.05, 3.63) is 54.5 Å². The highest BCUT2D eigenvalue weighted by Gasteiger charge is 2.45. The topological polar surface area (TPSA) is 167 Å². The Labute approximate surface area is 243 Å². The number of aromatic hydroxyl groups is 1. The number of aliphatic hydroxyl groups is 1. The summed E-state index contributed by atoms with van der Waals surface area (Å²) in [6.45, 7) is 0.948. The van der Waals surface area contributed by atoms with Gasteiger partial charge < -0.3 is 25.0 Å². The van der Waals surface area contributed by atoms with Gasteiger partial charge in [0.1, 0.15) is 34.9 Å².